The van der Waals surface area contributed by atoms with Crippen LogP contribution in [0.25, 0.3) is 22.2 Å². The van der Waals surface area contributed by atoms with E-state index in [2.05, 4.69) is 19.7 Å². The van der Waals surface area contributed by atoms with Gasteiger partial charge in [-0.05, 0) is 59.8 Å². The molecule has 4 aromatic rings. The minimum Gasteiger partial charge on any atom is -0.346 e. The Balaban J connectivity index is 1.12. The summed E-state index contributed by atoms with van der Waals surface area (Å²) in [7, 11) is 2.02. The van der Waals surface area contributed by atoms with Crippen LogP contribution in [-0.2, 0) is 17.3 Å². The number of aromatic nitrogens is 2. The Labute approximate surface area is 248 Å². The lowest BCUT2D eigenvalue weighted by Gasteiger charge is -2.35. The van der Waals surface area contributed by atoms with Crippen LogP contribution < -0.4 is 10.2 Å². The van der Waals surface area contributed by atoms with E-state index in [9.17, 15) is 18.0 Å². The highest BCUT2D eigenvalue weighted by atomic mass is 35.5. The molecule has 1 N–H and O–H groups in total. The first-order valence-corrected chi connectivity index (χ1v) is 14.7. The lowest BCUT2D eigenvalue weighted by atomic mass is 9.73. The summed E-state index contributed by atoms with van der Waals surface area (Å²) in [4.78, 5) is 23.2. The van der Waals surface area contributed by atoms with Crippen LogP contribution in [0.5, 0.6) is 0 Å². The molecule has 0 atom stereocenters. The maximum Gasteiger partial charge on any atom is 0.405 e. The first-order valence-electron chi connectivity index (χ1n) is 14.3. The van der Waals surface area contributed by atoms with Crippen molar-refractivity contribution < 1.29 is 18.0 Å². The Hall–Kier alpha value is -3.56. The first kappa shape index (κ1) is 28.6. The number of fused-ring (bicyclic) bond motifs is 4. The van der Waals surface area contributed by atoms with E-state index in [1.54, 1.807) is 0 Å². The molecule has 1 aliphatic heterocycles. The number of anilines is 1. The maximum atomic E-state index is 13.7. The Bertz CT molecular complexity index is 1560. The monoisotopic (exact) mass is 595 g/mol. The summed E-state index contributed by atoms with van der Waals surface area (Å²) in [5, 5.41) is 2.89. The van der Waals surface area contributed by atoms with E-state index in [1.807, 2.05) is 73.8 Å². The number of carbonyl (C=O) groups excluding carboxylic acids is 1. The number of piperazine rings is 1. The summed E-state index contributed by atoms with van der Waals surface area (Å²) in [6, 6.07) is 20.9. The van der Waals surface area contributed by atoms with Crippen molar-refractivity contribution in [3.63, 3.8) is 0 Å². The smallest absolute Gasteiger partial charge is 0.346 e. The van der Waals surface area contributed by atoms with E-state index in [4.69, 9.17) is 16.6 Å². The quantitative estimate of drug-likeness (QED) is 0.248. The van der Waals surface area contributed by atoms with Gasteiger partial charge < -0.3 is 14.8 Å². The molecule has 2 heterocycles. The van der Waals surface area contributed by atoms with Gasteiger partial charge in [0, 0.05) is 38.2 Å². The highest BCUT2D eigenvalue weighted by molar-refractivity contribution is 6.31. The largest absolute Gasteiger partial charge is 0.405 e. The minimum absolute atomic E-state index is 0.438. The van der Waals surface area contributed by atoms with Crippen molar-refractivity contribution in [2.45, 2.75) is 30.9 Å². The van der Waals surface area contributed by atoms with Crippen LogP contribution in [0.3, 0.4) is 0 Å². The van der Waals surface area contributed by atoms with E-state index in [-0.39, 0.29) is 0 Å². The second-order valence-electron chi connectivity index (χ2n) is 11.2. The molecule has 1 aliphatic carbocycles. The zero-order valence-corrected chi connectivity index (χ0v) is 24.2. The van der Waals surface area contributed by atoms with Gasteiger partial charge in [0.2, 0.25) is 11.9 Å². The molecule has 6 rings (SSSR count). The number of hydrogen-bond acceptors (Lipinski definition) is 4. The molecule has 0 spiro atoms. The number of aryl methyl sites for hydroxylation is 1. The fourth-order valence-corrected chi connectivity index (χ4v) is 6.79. The number of nitrogens with one attached hydrogen (secondary N) is 1. The standard InChI is InChI=1S/C32H33ClF3N5O/c1-39-28-13-12-22(33)20-27(28)38-30(39)41-18-16-40(17-19-41)15-7-6-14-31(29(42)37-21-32(34,35)36)25-10-4-2-8-23(25)24-9-3-5-11-26(24)31/h2-5,8-13,20H,6-7,14-19,21H2,1H3,(H,37,42). The van der Waals surface area contributed by atoms with Crippen LogP contribution in [-0.4, -0.2) is 65.8 Å². The third kappa shape index (κ3) is 5.24. The molecular weight excluding hydrogens is 563 g/mol. The van der Waals surface area contributed by atoms with Crippen LogP contribution >= 0.6 is 11.6 Å². The average Bonchev–Trinajstić information content (AvgIpc) is 3.46. The highest BCUT2D eigenvalue weighted by Crippen LogP contribution is 2.51. The summed E-state index contributed by atoms with van der Waals surface area (Å²) < 4.78 is 41.5. The Morgan fingerprint density at radius 2 is 1.60 bits per heavy atom. The Kier molecular flexibility index (Phi) is 7.66. The number of alkyl halides is 3. The van der Waals surface area contributed by atoms with E-state index in [1.165, 1.54) is 0 Å². The van der Waals surface area contributed by atoms with Gasteiger partial charge in [-0.1, -0.05) is 66.6 Å². The van der Waals surface area contributed by atoms with Crippen LogP contribution in [0, 0.1) is 0 Å². The molecule has 10 heteroatoms. The molecule has 0 bridgehead atoms. The van der Waals surface area contributed by atoms with Gasteiger partial charge in [-0.3, -0.25) is 9.69 Å². The molecule has 1 saturated heterocycles. The third-order valence-electron chi connectivity index (χ3n) is 8.65. The summed E-state index contributed by atoms with van der Waals surface area (Å²) in [5.74, 6) is 0.340. The number of halogens is 4. The molecule has 0 saturated carbocycles. The zero-order chi connectivity index (χ0) is 29.5. The number of unbranched alkanes of at least 4 members (excludes halogenated alkanes) is 1. The molecule has 1 fully saturated rings. The molecule has 0 radical (unpaired) electrons. The number of hydrogen-bond donors (Lipinski definition) is 1. The van der Waals surface area contributed by atoms with Gasteiger partial charge in [0.15, 0.2) is 0 Å². The van der Waals surface area contributed by atoms with Crippen LogP contribution in [0.2, 0.25) is 5.02 Å². The van der Waals surface area contributed by atoms with Gasteiger partial charge in [0.05, 0.1) is 11.0 Å². The van der Waals surface area contributed by atoms with Crippen molar-refractivity contribution in [2.24, 2.45) is 7.05 Å². The summed E-state index contributed by atoms with van der Waals surface area (Å²) in [5.41, 5.74) is 4.16. The van der Waals surface area contributed by atoms with Gasteiger partial charge in [-0.15, -0.1) is 0 Å². The molecule has 220 valence electrons. The summed E-state index contributed by atoms with van der Waals surface area (Å²) in [6.07, 6.45) is -2.50. The molecule has 2 aliphatic rings. The van der Waals surface area contributed by atoms with Crippen LogP contribution in [0.4, 0.5) is 19.1 Å². The van der Waals surface area contributed by atoms with Crippen molar-refractivity contribution in [3.05, 3.63) is 82.9 Å². The number of nitrogens with zero attached hydrogens (tertiary/aromatic N) is 4. The minimum atomic E-state index is -4.48. The van der Waals surface area contributed by atoms with Gasteiger partial charge in [-0.25, -0.2) is 4.98 Å². The van der Waals surface area contributed by atoms with Crippen LogP contribution in [0.15, 0.2) is 66.7 Å². The van der Waals surface area contributed by atoms with Crippen molar-refractivity contribution in [1.82, 2.24) is 19.8 Å². The molecule has 6 nitrogen and oxygen atoms in total. The van der Waals surface area contributed by atoms with E-state index in [0.29, 0.717) is 17.9 Å². The van der Waals surface area contributed by atoms with E-state index in [0.717, 1.165) is 78.4 Å². The van der Waals surface area contributed by atoms with Gasteiger partial charge in [0.25, 0.3) is 0 Å². The Morgan fingerprint density at radius 3 is 2.24 bits per heavy atom. The van der Waals surface area contributed by atoms with Gasteiger partial charge in [0.1, 0.15) is 12.0 Å². The zero-order valence-electron chi connectivity index (χ0n) is 23.4. The van der Waals surface area contributed by atoms with E-state index >= 15 is 0 Å². The maximum absolute atomic E-state index is 13.7. The number of amides is 1. The van der Waals surface area contributed by atoms with Gasteiger partial charge >= 0.3 is 6.18 Å². The normalized spacial score (nSPS) is 16.5. The van der Waals surface area contributed by atoms with Crippen LogP contribution in [0.1, 0.15) is 30.4 Å². The number of benzene rings is 3. The number of imidazole rings is 1. The molecule has 0 unspecified atom stereocenters. The predicted octanol–water partition coefficient (Wildman–Crippen LogP) is 6.16. The topological polar surface area (TPSA) is 53.4 Å². The Morgan fingerprint density at radius 1 is 0.952 bits per heavy atom. The first-order chi connectivity index (χ1) is 20.2. The number of carbonyl (C=O) groups is 1. The van der Waals surface area contributed by atoms with Gasteiger partial charge in [-0.2, -0.15) is 13.2 Å². The lowest BCUT2D eigenvalue weighted by molar-refractivity contribution is -0.141. The molecular formula is C32H33ClF3N5O. The third-order valence-corrected chi connectivity index (χ3v) is 8.89. The second-order valence-corrected chi connectivity index (χ2v) is 11.6. The van der Waals surface area contributed by atoms with E-state index < -0.39 is 24.0 Å². The molecule has 3 aromatic carbocycles. The number of rotatable bonds is 8. The summed E-state index contributed by atoms with van der Waals surface area (Å²) in [6.45, 7) is 2.96. The second kappa shape index (κ2) is 11.3. The molecule has 1 amide bonds. The molecule has 1 aromatic heterocycles. The highest BCUT2D eigenvalue weighted by Gasteiger charge is 2.49. The average molecular weight is 596 g/mol. The predicted molar refractivity (Wildman–Crippen MR) is 160 cm³/mol. The van der Waals surface area contributed by atoms with Crippen molar-refractivity contribution in [2.75, 3.05) is 44.2 Å². The van der Waals surface area contributed by atoms with Crippen molar-refractivity contribution in [1.29, 1.82) is 0 Å². The summed E-state index contributed by atoms with van der Waals surface area (Å²) >= 11 is 6.16. The van der Waals surface area contributed by atoms with Crippen molar-refractivity contribution >= 4 is 34.5 Å². The lowest BCUT2D eigenvalue weighted by Crippen LogP contribution is -2.48. The SMILES string of the molecule is Cn1c(N2CCN(CCCCC3(C(=O)NCC(F)(F)F)c4ccccc4-c4ccccc43)CC2)nc2cc(Cl)ccc21. The molecule has 42 heavy (non-hydrogen) atoms. The van der Waals surface area contributed by atoms with Crippen molar-refractivity contribution in [3.8, 4) is 11.1 Å². The fraction of sp³-hybridized carbons (Fsp3) is 0.375. The fourth-order valence-electron chi connectivity index (χ4n) is 6.62.